The number of rotatable bonds is 4. The second-order valence-corrected chi connectivity index (χ2v) is 6.96. The number of aryl methyl sites for hydroxylation is 1. The molecule has 24 heavy (non-hydrogen) atoms. The molecule has 1 aromatic rings. The predicted molar refractivity (Wildman–Crippen MR) is 82.8 cm³/mol. The molecule has 0 bridgehead atoms. The maximum atomic E-state index is 13.6. The van der Waals surface area contributed by atoms with Crippen LogP contribution in [0.1, 0.15) is 50.7 Å². The van der Waals surface area contributed by atoms with E-state index < -0.39 is 41.3 Å². The number of carbonyl (C=O) groups excluding carboxylic acids is 1. The fraction of sp³-hybridized carbons (Fsp3) is 0.529. The summed E-state index contributed by atoms with van der Waals surface area (Å²) in [5, 5.41) is 11.7. The van der Waals surface area contributed by atoms with Gasteiger partial charge >= 0.3 is 12.1 Å². The molecule has 0 saturated heterocycles. The zero-order valence-electron chi connectivity index (χ0n) is 13.9. The number of nitrogens with one attached hydrogen (secondary N) is 1. The average molecular weight is 341 g/mol. The van der Waals surface area contributed by atoms with Crippen molar-refractivity contribution >= 4 is 12.1 Å². The molecule has 0 fully saturated rings. The highest BCUT2D eigenvalue weighted by Crippen LogP contribution is 2.37. The molecule has 2 unspecified atom stereocenters. The number of benzene rings is 1. The van der Waals surface area contributed by atoms with Crippen LogP contribution in [0.2, 0.25) is 0 Å². The number of carbonyl (C=O) groups is 2. The number of hydrogen-bond donors (Lipinski definition) is 2. The van der Waals surface area contributed by atoms with Gasteiger partial charge in [-0.25, -0.2) is 13.6 Å². The molecule has 2 N–H and O–H groups in total. The standard InChI is InChI=1S/C17H21F2NO4/c1-17(2,3)24-16(23)20-14(8-15(21)22)10-5-4-9-6-12(18)13(19)7-11(9)10/h6-7,10,14H,4-5,8H2,1-3H3,(H,20,23)(H,21,22). The SMILES string of the molecule is CC(C)(C)OC(=O)NC(CC(=O)O)C1CCc2cc(F)c(F)cc21. The largest absolute Gasteiger partial charge is 0.481 e. The molecule has 2 rings (SSSR count). The first kappa shape index (κ1) is 18.2. The molecular weight excluding hydrogens is 320 g/mol. The van der Waals surface area contributed by atoms with E-state index in [2.05, 4.69) is 5.32 Å². The number of alkyl carbamates (subject to hydrolysis) is 1. The van der Waals surface area contributed by atoms with Crippen molar-refractivity contribution in [2.24, 2.45) is 0 Å². The van der Waals surface area contributed by atoms with Crippen molar-refractivity contribution < 1.29 is 28.2 Å². The molecule has 1 aliphatic rings. The summed E-state index contributed by atoms with van der Waals surface area (Å²) in [5.74, 6) is -3.40. The van der Waals surface area contributed by atoms with E-state index in [-0.39, 0.29) is 6.42 Å². The van der Waals surface area contributed by atoms with Gasteiger partial charge < -0.3 is 15.2 Å². The summed E-state index contributed by atoms with van der Waals surface area (Å²) in [6.07, 6.45) is -0.0535. The van der Waals surface area contributed by atoms with E-state index >= 15 is 0 Å². The number of aliphatic carboxylic acids is 1. The topological polar surface area (TPSA) is 75.6 Å². The zero-order chi connectivity index (χ0) is 18.1. The van der Waals surface area contributed by atoms with Crippen LogP contribution in [-0.4, -0.2) is 28.8 Å². The first-order valence-corrected chi connectivity index (χ1v) is 7.76. The summed E-state index contributed by atoms with van der Waals surface area (Å²) in [6, 6.07) is 1.47. The van der Waals surface area contributed by atoms with Gasteiger partial charge in [-0.15, -0.1) is 0 Å². The lowest BCUT2D eigenvalue weighted by Gasteiger charge is -2.27. The second kappa shape index (κ2) is 6.75. The molecule has 2 atom stereocenters. The molecule has 5 nitrogen and oxygen atoms in total. The highest BCUT2D eigenvalue weighted by Gasteiger charge is 2.34. The van der Waals surface area contributed by atoms with Gasteiger partial charge in [-0.1, -0.05) is 0 Å². The van der Waals surface area contributed by atoms with E-state index in [1.807, 2.05) is 0 Å². The lowest BCUT2D eigenvalue weighted by molar-refractivity contribution is -0.137. The van der Waals surface area contributed by atoms with Crippen LogP contribution in [0.4, 0.5) is 13.6 Å². The van der Waals surface area contributed by atoms with Gasteiger partial charge in [-0.2, -0.15) is 0 Å². The number of fused-ring (bicyclic) bond motifs is 1. The molecule has 0 aliphatic heterocycles. The Labute approximate surface area is 139 Å². The van der Waals surface area contributed by atoms with Gasteiger partial charge in [0.15, 0.2) is 11.6 Å². The van der Waals surface area contributed by atoms with E-state index in [9.17, 15) is 18.4 Å². The summed E-state index contributed by atoms with van der Waals surface area (Å²) in [5.41, 5.74) is 0.456. The quantitative estimate of drug-likeness (QED) is 0.880. The maximum absolute atomic E-state index is 13.6. The molecule has 132 valence electrons. The molecule has 1 aromatic carbocycles. The van der Waals surface area contributed by atoms with E-state index in [1.165, 1.54) is 0 Å². The van der Waals surface area contributed by atoms with Crippen LogP contribution in [0.25, 0.3) is 0 Å². The van der Waals surface area contributed by atoms with Crippen molar-refractivity contribution in [3.8, 4) is 0 Å². The molecular formula is C17H21F2NO4. The number of ether oxygens (including phenoxy) is 1. The van der Waals surface area contributed by atoms with Crippen LogP contribution in [0.3, 0.4) is 0 Å². The number of carboxylic acids is 1. The van der Waals surface area contributed by atoms with E-state index in [0.717, 1.165) is 12.1 Å². The van der Waals surface area contributed by atoms with Gasteiger partial charge in [0, 0.05) is 12.0 Å². The van der Waals surface area contributed by atoms with Crippen molar-refractivity contribution in [1.29, 1.82) is 0 Å². The molecule has 0 aromatic heterocycles. The van der Waals surface area contributed by atoms with Gasteiger partial charge in [-0.3, -0.25) is 4.79 Å². The molecule has 0 saturated carbocycles. The number of halogens is 2. The maximum Gasteiger partial charge on any atom is 0.407 e. The second-order valence-electron chi connectivity index (χ2n) is 6.96. The van der Waals surface area contributed by atoms with Crippen molar-refractivity contribution in [1.82, 2.24) is 5.32 Å². The van der Waals surface area contributed by atoms with Crippen molar-refractivity contribution in [2.45, 2.75) is 57.6 Å². The Kier molecular flexibility index (Phi) is 5.11. The third-order valence-electron chi connectivity index (χ3n) is 3.89. The third-order valence-corrected chi connectivity index (χ3v) is 3.89. The number of carboxylic acid groups (broad SMARTS) is 1. The van der Waals surface area contributed by atoms with E-state index in [4.69, 9.17) is 9.84 Å². The first-order valence-electron chi connectivity index (χ1n) is 7.76. The zero-order valence-corrected chi connectivity index (χ0v) is 13.9. The van der Waals surface area contributed by atoms with Crippen LogP contribution >= 0.6 is 0 Å². The number of hydrogen-bond acceptors (Lipinski definition) is 3. The van der Waals surface area contributed by atoms with Crippen molar-refractivity contribution in [3.05, 3.63) is 34.9 Å². The minimum Gasteiger partial charge on any atom is -0.481 e. The smallest absolute Gasteiger partial charge is 0.407 e. The normalized spacial score (nSPS) is 18.0. The van der Waals surface area contributed by atoms with Crippen LogP contribution < -0.4 is 5.32 Å². The molecule has 0 spiro atoms. The molecule has 0 radical (unpaired) electrons. The van der Waals surface area contributed by atoms with Gasteiger partial charge in [0.25, 0.3) is 0 Å². The molecule has 0 heterocycles. The molecule has 1 aliphatic carbocycles. The predicted octanol–water partition coefficient (Wildman–Crippen LogP) is 3.36. The minimum absolute atomic E-state index is 0.331. The lowest BCUT2D eigenvalue weighted by atomic mass is 9.91. The van der Waals surface area contributed by atoms with E-state index in [0.29, 0.717) is 24.0 Å². The first-order chi connectivity index (χ1) is 11.1. The van der Waals surface area contributed by atoms with Crippen LogP contribution in [0.5, 0.6) is 0 Å². The Balaban J connectivity index is 2.23. The van der Waals surface area contributed by atoms with Crippen molar-refractivity contribution in [2.75, 3.05) is 0 Å². The summed E-state index contributed by atoms with van der Waals surface area (Å²) in [6.45, 7) is 5.09. The Morgan fingerprint density at radius 1 is 1.33 bits per heavy atom. The molecule has 1 amide bonds. The summed E-state index contributed by atoms with van der Waals surface area (Å²) >= 11 is 0. The summed E-state index contributed by atoms with van der Waals surface area (Å²) in [7, 11) is 0. The van der Waals surface area contributed by atoms with Gasteiger partial charge in [0.05, 0.1) is 6.42 Å². The Hall–Kier alpha value is -2.18. The monoisotopic (exact) mass is 341 g/mol. The average Bonchev–Trinajstić information content (AvgIpc) is 2.78. The summed E-state index contributed by atoms with van der Waals surface area (Å²) < 4.78 is 32.1. The summed E-state index contributed by atoms with van der Waals surface area (Å²) in [4.78, 5) is 23.1. The number of amides is 1. The fourth-order valence-corrected chi connectivity index (χ4v) is 2.99. The minimum atomic E-state index is -1.09. The Morgan fingerprint density at radius 2 is 1.96 bits per heavy atom. The molecule has 7 heteroatoms. The highest BCUT2D eigenvalue weighted by atomic mass is 19.2. The van der Waals surface area contributed by atoms with Gasteiger partial charge in [0.2, 0.25) is 0 Å². The van der Waals surface area contributed by atoms with Gasteiger partial charge in [-0.05, 0) is 56.9 Å². The van der Waals surface area contributed by atoms with Crippen LogP contribution in [-0.2, 0) is 16.0 Å². The Bertz CT molecular complexity index is 655. The van der Waals surface area contributed by atoms with Crippen LogP contribution in [0.15, 0.2) is 12.1 Å². The van der Waals surface area contributed by atoms with Gasteiger partial charge in [0.1, 0.15) is 5.60 Å². The fourth-order valence-electron chi connectivity index (χ4n) is 2.99. The van der Waals surface area contributed by atoms with Crippen LogP contribution in [0, 0.1) is 11.6 Å². The third kappa shape index (κ3) is 4.43. The van der Waals surface area contributed by atoms with E-state index in [1.54, 1.807) is 20.8 Å². The highest BCUT2D eigenvalue weighted by molar-refractivity contribution is 5.72. The Morgan fingerprint density at radius 3 is 2.54 bits per heavy atom. The lowest BCUT2D eigenvalue weighted by Crippen LogP contribution is -2.43. The van der Waals surface area contributed by atoms with Crippen molar-refractivity contribution in [3.63, 3.8) is 0 Å².